The molecule has 0 radical (unpaired) electrons. The van der Waals surface area contributed by atoms with E-state index in [-0.39, 0.29) is 47.8 Å². The van der Waals surface area contributed by atoms with Crippen LogP contribution < -0.4 is 16.0 Å². The van der Waals surface area contributed by atoms with Crippen LogP contribution in [0.2, 0.25) is 5.02 Å². The van der Waals surface area contributed by atoms with Crippen LogP contribution in [-0.4, -0.2) is 37.5 Å². The Kier molecular flexibility index (Phi) is 10.2. The molecule has 5 nitrogen and oxygen atoms in total. The third-order valence-electron chi connectivity index (χ3n) is 2.88. The van der Waals surface area contributed by atoms with Crippen molar-refractivity contribution in [3.8, 4) is 0 Å². The van der Waals surface area contributed by atoms with E-state index in [1.54, 1.807) is 19.2 Å². The number of rotatable bonds is 5. The fourth-order valence-electron chi connectivity index (χ4n) is 1.92. The molecule has 0 spiro atoms. The van der Waals surface area contributed by atoms with Crippen molar-refractivity contribution in [3.63, 3.8) is 0 Å². The first kappa shape index (κ1) is 22.9. The first-order chi connectivity index (χ1) is 10.7. The summed E-state index contributed by atoms with van der Waals surface area (Å²) >= 11 is 5.98. The van der Waals surface area contributed by atoms with Crippen LogP contribution in [0.5, 0.6) is 0 Å². The van der Waals surface area contributed by atoms with Gasteiger partial charge in [0.25, 0.3) is 0 Å². The molecule has 0 fully saturated rings. The molecule has 0 aromatic heterocycles. The van der Waals surface area contributed by atoms with Gasteiger partial charge >= 0.3 is 0 Å². The van der Waals surface area contributed by atoms with Gasteiger partial charge in [-0.2, -0.15) is 0 Å². The zero-order chi connectivity index (χ0) is 17.5. The highest BCUT2D eigenvalue weighted by Gasteiger charge is 2.13. The lowest BCUT2D eigenvalue weighted by atomic mass is 10.1. The Balaban J connectivity index is 0.00000529. The summed E-state index contributed by atoms with van der Waals surface area (Å²) in [5, 5.41) is 9.18. The average molecular weight is 471 g/mol. The molecule has 0 aliphatic heterocycles. The fraction of sp³-hybridized carbons (Fsp3) is 0.500. The van der Waals surface area contributed by atoms with Gasteiger partial charge in [0.2, 0.25) is 5.91 Å². The predicted molar refractivity (Wildman–Crippen MR) is 108 cm³/mol. The van der Waals surface area contributed by atoms with Gasteiger partial charge in [0.1, 0.15) is 5.82 Å². The molecule has 0 aliphatic rings. The summed E-state index contributed by atoms with van der Waals surface area (Å²) < 4.78 is 13.7. The minimum atomic E-state index is -0.327. The monoisotopic (exact) mass is 470 g/mol. The van der Waals surface area contributed by atoms with Crippen LogP contribution in [0.1, 0.15) is 26.3 Å². The molecule has 24 heavy (non-hydrogen) atoms. The van der Waals surface area contributed by atoms with Crippen LogP contribution in [0.15, 0.2) is 23.2 Å². The molecule has 0 unspecified atom stereocenters. The van der Waals surface area contributed by atoms with Gasteiger partial charge in [-0.25, -0.2) is 4.39 Å². The molecule has 136 valence electrons. The number of hydrogen-bond acceptors (Lipinski definition) is 2. The molecule has 0 saturated carbocycles. The van der Waals surface area contributed by atoms with Crippen LogP contribution in [0.4, 0.5) is 4.39 Å². The average Bonchev–Trinajstić information content (AvgIpc) is 2.43. The third-order valence-corrected chi connectivity index (χ3v) is 3.24. The highest BCUT2D eigenvalue weighted by atomic mass is 127. The third kappa shape index (κ3) is 8.68. The number of nitrogens with zero attached hydrogens (tertiary/aromatic N) is 1. The van der Waals surface area contributed by atoms with Gasteiger partial charge in [0, 0.05) is 29.7 Å². The lowest BCUT2D eigenvalue weighted by Gasteiger charge is -2.21. The summed E-state index contributed by atoms with van der Waals surface area (Å²) in [4.78, 5) is 15.8. The van der Waals surface area contributed by atoms with E-state index in [2.05, 4.69) is 20.9 Å². The van der Waals surface area contributed by atoms with Crippen molar-refractivity contribution < 1.29 is 9.18 Å². The van der Waals surface area contributed by atoms with E-state index in [1.807, 2.05) is 20.8 Å². The molecular weight excluding hydrogens is 446 g/mol. The smallest absolute Gasteiger partial charge is 0.239 e. The molecule has 1 aromatic carbocycles. The topological polar surface area (TPSA) is 65.5 Å². The summed E-state index contributed by atoms with van der Waals surface area (Å²) in [6.07, 6.45) is 0.417. The Labute approximate surface area is 164 Å². The summed E-state index contributed by atoms with van der Waals surface area (Å²) in [7, 11) is 1.60. The van der Waals surface area contributed by atoms with E-state index >= 15 is 0 Å². The van der Waals surface area contributed by atoms with Crippen LogP contribution in [-0.2, 0) is 11.2 Å². The second-order valence-corrected chi connectivity index (χ2v) is 6.51. The highest BCUT2D eigenvalue weighted by molar-refractivity contribution is 14.0. The summed E-state index contributed by atoms with van der Waals surface area (Å²) in [5.41, 5.74) is 0.180. The molecule has 0 heterocycles. The number of aliphatic imine (C=N–C) groups is 1. The van der Waals surface area contributed by atoms with Gasteiger partial charge < -0.3 is 16.0 Å². The number of nitrogens with one attached hydrogen (secondary N) is 3. The number of carbonyl (C=O) groups is 1. The summed E-state index contributed by atoms with van der Waals surface area (Å²) in [5.74, 6) is 0.0194. The minimum absolute atomic E-state index is 0. The Morgan fingerprint density at radius 1 is 1.29 bits per heavy atom. The van der Waals surface area contributed by atoms with Gasteiger partial charge in [-0.1, -0.05) is 17.7 Å². The molecule has 0 saturated heterocycles. The van der Waals surface area contributed by atoms with Crippen molar-refractivity contribution in [2.24, 2.45) is 4.99 Å². The van der Waals surface area contributed by atoms with Crippen molar-refractivity contribution in [2.75, 3.05) is 20.1 Å². The summed E-state index contributed by atoms with van der Waals surface area (Å²) in [6.45, 7) is 6.29. The van der Waals surface area contributed by atoms with E-state index in [1.165, 1.54) is 6.07 Å². The Morgan fingerprint density at radius 2 is 1.96 bits per heavy atom. The molecule has 1 rings (SSSR count). The van der Waals surface area contributed by atoms with Crippen molar-refractivity contribution >= 4 is 47.4 Å². The first-order valence-electron chi connectivity index (χ1n) is 7.41. The van der Waals surface area contributed by atoms with Gasteiger partial charge in [0.05, 0.1) is 6.54 Å². The van der Waals surface area contributed by atoms with Gasteiger partial charge in [-0.05, 0) is 39.3 Å². The fourth-order valence-corrected chi connectivity index (χ4v) is 2.18. The number of halogens is 3. The molecule has 0 aliphatic carbocycles. The minimum Gasteiger partial charge on any atom is -0.356 e. The Bertz CT molecular complexity index is 555. The Hall–Kier alpha value is -1.09. The van der Waals surface area contributed by atoms with E-state index in [0.717, 1.165) is 0 Å². The number of benzene rings is 1. The lowest BCUT2D eigenvalue weighted by molar-refractivity contribution is -0.121. The second kappa shape index (κ2) is 10.7. The first-order valence-corrected chi connectivity index (χ1v) is 7.79. The predicted octanol–water partition coefficient (Wildman–Crippen LogP) is 2.72. The van der Waals surface area contributed by atoms with Crippen LogP contribution >= 0.6 is 35.6 Å². The van der Waals surface area contributed by atoms with Crippen molar-refractivity contribution in [1.82, 2.24) is 16.0 Å². The molecule has 0 atom stereocenters. The molecular formula is C16H25ClFIN4O. The van der Waals surface area contributed by atoms with Crippen LogP contribution in [0.3, 0.4) is 0 Å². The standard InChI is InChI=1S/C16H24ClFN4O.HI/c1-16(2,3)22-14(23)10-21-15(19-4)20-9-8-11-12(17)6-5-7-13(11)18;/h5-7H,8-10H2,1-4H3,(H,22,23)(H2,19,20,21);1H. The van der Waals surface area contributed by atoms with Gasteiger partial charge in [-0.3, -0.25) is 9.79 Å². The highest BCUT2D eigenvalue weighted by Crippen LogP contribution is 2.18. The van der Waals surface area contributed by atoms with Crippen molar-refractivity contribution in [3.05, 3.63) is 34.6 Å². The van der Waals surface area contributed by atoms with E-state index in [9.17, 15) is 9.18 Å². The van der Waals surface area contributed by atoms with E-state index in [4.69, 9.17) is 11.6 Å². The molecule has 3 N–H and O–H groups in total. The lowest BCUT2D eigenvalue weighted by Crippen LogP contribution is -2.48. The second-order valence-electron chi connectivity index (χ2n) is 6.10. The maximum absolute atomic E-state index is 13.7. The van der Waals surface area contributed by atoms with Gasteiger partial charge in [0.15, 0.2) is 5.96 Å². The zero-order valence-electron chi connectivity index (χ0n) is 14.4. The number of hydrogen-bond donors (Lipinski definition) is 3. The number of amides is 1. The molecule has 0 bridgehead atoms. The maximum atomic E-state index is 13.7. The summed E-state index contributed by atoms with van der Waals surface area (Å²) in [6, 6.07) is 4.61. The SMILES string of the molecule is CN=C(NCCc1c(F)cccc1Cl)NCC(=O)NC(C)(C)C.I. The van der Waals surface area contributed by atoms with Gasteiger partial charge in [-0.15, -0.1) is 24.0 Å². The Morgan fingerprint density at radius 3 is 2.50 bits per heavy atom. The number of guanidine groups is 1. The quantitative estimate of drug-likeness (QED) is 0.352. The molecule has 1 amide bonds. The molecule has 8 heteroatoms. The largest absolute Gasteiger partial charge is 0.356 e. The maximum Gasteiger partial charge on any atom is 0.239 e. The normalized spacial score (nSPS) is 11.5. The zero-order valence-corrected chi connectivity index (χ0v) is 17.5. The van der Waals surface area contributed by atoms with Crippen molar-refractivity contribution in [1.29, 1.82) is 0 Å². The molecule has 1 aromatic rings. The van der Waals surface area contributed by atoms with Crippen LogP contribution in [0.25, 0.3) is 0 Å². The van der Waals surface area contributed by atoms with E-state index in [0.29, 0.717) is 29.5 Å². The van der Waals surface area contributed by atoms with E-state index < -0.39 is 0 Å². The van der Waals surface area contributed by atoms with Crippen molar-refractivity contribution in [2.45, 2.75) is 32.7 Å². The van der Waals surface area contributed by atoms with Crippen LogP contribution in [0, 0.1) is 5.82 Å². The number of carbonyl (C=O) groups excluding carboxylic acids is 1.